The lowest BCUT2D eigenvalue weighted by Crippen LogP contribution is -2.54. The Hall–Kier alpha value is -2.97. The molecule has 2 N–H and O–H groups in total. The molecule has 2 bridgehead atoms. The topological polar surface area (TPSA) is 100 Å². The first-order valence-corrected chi connectivity index (χ1v) is 13.9. The predicted molar refractivity (Wildman–Crippen MR) is 145 cm³/mol. The molecule has 2 aliphatic heterocycles. The van der Waals surface area contributed by atoms with Crippen molar-refractivity contribution in [1.82, 2.24) is 10.2 Å². The van der Waals surface area contributed by atoms with Crippen molar-refractivity contribution in [2.75, 3.05) is 26.8 Å². The third-order valence-electron chi connectivity index (χ3n) is 8.27. The molecular weight excluding hydrogens is 482 g/mol. The average molecular weight is 522 g/mol. The Labute approximate surface area is 224 Å². The molecule has 204 valence electrons. The standard InChI is InChI=1S/C30H39N3O5/c1-37-21-12-13-22-23(17-21)24-18-28(22)38-15-6-5-10-26(33-14-7-11-29(33)35)30(36)32-25(27(34)19-31-24)16-20-8-3-2-4-9-20/h2-4,8-9,12-13,17,22-23,25-28,34H,5-7,10-11,14-16,18-19H2,1H3,(H,32,36)/t22?,23?,25-,26?,27+,28?/m0/s1. The van der Waals surface area contributed by atoms with Crippen molar-refractivity contribution >= 4 is 17.5 Å². The number of fused-ring (bicyclic) bond motifs is 5. The Morgan fingerprint density at radius 3 is 2.79 bits per heavy atom. The summed E-state index contributed by atoms with van der Waals surface area (Å²) in [4.78, 5) is 32.8. The summed E-state index contributed by atoms with van der Waals surface area (Å²) in [5.74, 6) is 0.906. The summed E-state index contributed by atoms with van der Waals surface area (Å²) in [5.41, 5.74) is 2.02. The number of ether oxygens (including phenoxy) is 2. The van der Waals surface area contributed by atoms with Crippen molar-refractivity contribution in [2.24, 2.45) is 16.8 Å². The van der Waals surface area contributed by atoms with Gasteiger partial charge < -0.3 is 24.8 Å². The molecule has 1 aromatic rings. The van der Waals surface area contributed by atoms with E-state index in [1.54, 1.807) is 12.0 Å². The number of aliphatic hydroxyl groups is 1. The fourth-order valence-corrected chi connectivity index (χ4v) is 6.17. The molecular formula is C30H39N3O5. The van der Waals surface area contributed by atoms with Crippen LogP contribution in [0.15, 0.2) is 59.3 Å². The van der Waals surface area contributed by atoms with Gasteiger partial charge in [-0.05, 0) is 49.8 Å². The number of likely N-dealkylation sites (tertiary alicyclic amines) is 1. The molecule has 1 aromatic carbocycles. The number of carbonyl (C=O) groups is 2. The largest absolute Gasteiger partial charge is 0.497 e. The summed E-state index contributed by atoms with van der Waals surface area (Å²) in [6.45, 7) is 1.37. The number of benzene rings is 1. The highest BCUT2D eigenvalue weighted by Crippen LogP contribution is 2.38. The maximum Gasteiger partial charge on any atom is 0.243 e. The van der Waals surface area contributed by atoms with Gasteiger partial charge in [0.1, 0.15) is 11.8 Å². The monoisotopic (exact) mass is 521 g/mol. The van der Waals surface area contributed by atoms with Gasteiger partial charge >= 0.3 is 0 Å². The molecule has 0 aromatic heterocycles. The van der Waals surface area contributed by atoms with Gasteiger partial charge in [-0.1, -0.05) is 36.4 Å². The maximum atomic E-state index is 13.6. The molecule has 4 aliphatic rings. The normalized spacial score (nSPS) is 32.5. The van der Waals surface area contributed by atoms with Gasteiger partial charge in [-0.3, -0.25) is 14.6 Å². The van der Waals surface area contributed by atoms with Gasteiger partial charge in [0.25, 0.3) is 0 Å². The van der Waals surface area contributed by atoms with Crippen molar-refractivity contribution in [2.45, 2.75) is 69.2 Å². The van der Waals surface area contributed by atoms with Crippen LogP contribution in [0.5, 0.6) is 0 Å². The Morgan fingerprint density at radius 1 is 1.18 bits per heavy atom. The number of amides is 2. The number of methoxy groups -OCH3 is 1. The number of aliphatic imine (C=N–C) groups is 1. The summed E-state index contributed by atoms with van der Waals surface area (Å²) < 4.78 is 11.8. The summed E-state index contributed by atoms with van der Waals surface area (Å²) in [6.07, 6.45) is 10.0. The zero-order chi connectivity index (χ0) is 26.5. The van der Waals surface area contributed by atoms with E-state index in [1.165, 1.54) is 0 Å². The highest BCUT2D eigenvalue weighted by Gasteiger charge is 2.41. The van der Waals surface area contributed by atoms with E-state index in [2.05, 4.69) is 17.5 Å². The van der Waals surface area contributed by atoms with Crippen LogP contribution in [-0.4, -0.2) is 78.6 Å². The first-order chi connectivity index (χ1) is 18.5. The molecule has 8 heteroatoms. The smallest absolute Gasteiger partial charge is 0.243 e. The molecule has 38 heavy (non-hydrogen) atoms. The number of nitrogens with one attached hydrogen (secondary N) is 1. The van der Waals surface area contributed by atoms with E-state index in [0.717, 1.165) is 36.3 Å². The first-order valence-electron chi connectivity index (χ1n) is 13.9. The predicted octanol–water partition coefficient (Wildman–Crippen LogP) is 2.81. The third kappa shape index (κ3) is 6.02. The summed E-state index contributed by atoms with van der Waals surface area (Å²) >= 11 is 0. The van der Waals surface area contributed by atoms with E-state index in [9.17, 15) is 14.7 Å². The number of allylic oxidation sites excluding steroid dienone is 2. The molecule has 1 saturated heterocycles. The van der Waals surface area contributed by atoms with Gasteiger partial charge in [0, 0.05) is 43.5 Å². The molecule has 0 radical (unpaired) electrons. The van der Waals surface area contributed by atoms with Crippen LogP contribution in [-0.2, 0) is 25.5 Å². The summed E-state index contributed by atoms with van der Waals surface area (Å²) in [6, 6.07) is 8.79. The molecule has 2 aliphatic carbocycles. The van der Waals surface area contributed by atoms with Gasteiger partial charge in [-0.15, -0.1) is 0 Å². The Kier molecular flexibility index (Phi) is 8.59. The second kappa shape index (κ2) is 12.3. The van der Waals surface area contributed by atoms with E-state index in [0.29, 0.717) is 38.8 Å². The molecule has 2 heterocycles. The fourth-order valence-electron chi connectivity index (χ4n) is 6.17. The van der Waals surface area contributed by atoms with Gasteiger partial charge in [0.15, 0.2) is 0 Å². The third-order valence-corrected chi connectivity index (χ3v) is 8.27. The lowest BCUT2D eigenvalue weighted by Gasteiger charge is -2.31. The number of aliphatic hydroxyl groups excluding tert-OH is 1. The molecule has 8 nitrogen and oxygen atoms in total. The first kappa shape index (κ1) is 26.6. The number of hydrogen-bond donors (Lipinski definition) is 2. The Morgan fingerprint density at radius 2 is 2.03 bits per heavy atom. The minimum atomic E-state index is -0.880. The lowest BCUT2D eigenvalue weighted by atomic mass is 9.89. The average Bonchev–Trinajstić information content (AvgIpc) is 3.51. The van der Waals surface area contributed by atoms with Crippen molar-refractivity contribution in [3.05, 3.63) is 59.9 Å². The van der Waals surface area contributed by atoms with Crippen LogP contribution in [0.2, 0.25) is 0 Å². The molecule has 2 fully saturated rings. The fraction of sp³-hybridized carbons (Fsp3) is 0.567. The molecule has 4 unspecified atom stereocenters. The second-order valence-corrected chi connectivity index (χ2v) is 10.8. The Bertz CT molecular complexity index is 1080. The lowest BCUT2D eigenvalue weighted by molar-refractivity contribution is -0.138. The summed E-state index contributed by atoms with van der Waals surface area (Å²) in [5, 5.41) is 14.5. The van der Waals surface area contributed by atoms with Crippen LogP contribution < -0.4 is 5.32 Å². The van der Waals surface area contributed by atoms with E-state index >= 15 is 0 Å². The van der Waals surface area contributed by atoms with Crippen LogP contribution in [0, 0.1) is 11.8 Å². The number of nitrogens with zero attached hydrogens (tertiary/aromatic N) is 2. The highest BCUT2D eigenvalue weighted by atomic mass is 16.5. The van der Waals surface area contributed by atoms with Gasteiger partial charge in [-0.2, -0.15) is 0 Å². The number of hydrogen-bond acceptors (Lipinski definition) is 6. The zero-order valence-electron chi connectivity index (χ0n) is 22.1. The molecule has 1 saturated carbocycles. The van der Waals surface area contributed by atoms with Crippen LogP contribution in [0.25, 0.3) is 0 Å². The van der Waals surface area contributed by atoms with E-state index < -0.39 is 18.2 Å². The van der Waals surface area contributed by atoms with Crippen LogP contribution >= 0.6 is 0 Å². The van der Waals surface area contributed by atoms with Crippen molar-refractivity contribution in [3.63, 3.8) is 0 Å². The molecule has 6 atom stereocenters. The Balaban J connectivity index is 1.41. The highest BCUT2D eigenvalue weighted by molar-refractivity contribution is 5.92. The van der Waals surface area contributed by atoms with E-state index in [-0.39, 0.29) is 36.3 Å². The van der Waals surface area contributed by atoms with Crippen LogP contribution in [0.1, 0.15) is 44.1 Å². The van der Waals surface area contributed by atoms with Crippen LogP contribution in [0.3, 0.4) is 0 Å². The zero-order valence-corrected chi connectivity index (χ0v) is 22.1. The maximum absolute atomic E-state index is 13.6. The van der Waals surface area contributed by atoms with Crippen LogP contribution in [0.4, 0.5) is 0 Å². The van der Waals surface area contributed by atoms with E-state index in [4.69, 9.17) is 14.5 Å². The van der Waals surface area contributed by atoms with Crippen molar-refractivity contribution in [3.8, 4) is 0 Å². The number of carbonyl (C=O) groups excluding carboxylic acids is 2. The minimum absolute atomic E-state index is 0.0164. The van der Waals surface area contributed by atoms with Gasteiger partial charge in [-0.25, -0.2) is 0 Å². The van der Waals surface area contributed by atoms with Gasteiger partial charge in [0.2, 0.25) is 11.8 Å². The molecule has 2 amide bonds. The minimum Gasteiger partial charge on any atom is -0.497 e. The quantitative estimate of drug-likeness (QED) is 0.635. The van der Waals surface area contributed by atoms with Gasteiger partial charge in [0.05, 0.1) is 31.9 Å². The molecule has 0 spiro atoms. The van der Waals surface area contributed by atoms with E-state index in [1.807, 2.05) is 36.4 Å². The SMILES string of the molecule is COC1=CC2C3=NC[C@@H](O)[C@H](Cc4ccccc4)NC(=O)C(N4CCCC4=O)CCCCOC(C3)C2C=C1. The van der Waals surface area contributed by atoms with Crippen molar-refractivity contribution in [1.29, 1.82) is 0 Å². The second-order valence-electron chi connectivity index (χ2n) is 10.8. The molecule has 5 rings (SSSR count). The summed E-state index contributed by atoms with van der Waals surface area (Å²) in [7, 11) is 1.66. The van der Waals surface area contributed by atoms with Crippen molar-refractivity contribution < 1.29 is 24.2 Å². The number of rotatable bonds is 4.